The maximum atomic E-state index is 9.51. The molecule has 5 heteroatoms. The van der Waals surface area contributed by atoms with Gasteiger partial charge in [-0.1, -0.05) is 26.2 Å². The Kier molecular flexibility index (Phi) is 6.78. The Morgan fingerprint density at radius 2 is 2.36 bits per heavy atom. The number of unbranched alkanes of at least 4 members (excludes halogenated alkanes) is 2. The second kappa shape index (κ2) is 7.31. The molecule has 1 N–H and O–H groups in total. The Balaban J connectivity index is 3.21. The first-order valence-electron chi connectivity index (χ1n) is 3.72. The highest BCUT2D eigenvalue weighted by Gasteiger charge is 2.12. The van der Waals surface area contributed by atoms with Gasteiger partial charge in [0.1, 0.15) is 0 Å². The molecular weight excluding hydrogens is 145 g/mol. The zero-order valence-electron chi connectivity index (χ0n) is 6.62. The summed E-state index contributed by atoms with van der Waals surface area (Å²) in [6.45, 7) is 2.07. The third kappa shape index (κ3) is 7.10. The summed E-state index contributed by atoms with van der Waals surface area (Å²) < 4.78 is 4.29. The van der Waals surface area contributed by atoms with E-state index in [2.05, 4.69) is 16.8 Å². The Morgan fingerprint density at radius 3 is 2.91 bits per heavy atom. The van der Waals surface area contributed by atoms with Crippen LogP contribution >= 0.6 is 0 Å². The lowest BCUT2D eigenvalue weighted by Gasteiger charge is -1.99. The van der Waals surface area contributed by atoms with Gasteiger partial charge in [0.25, 0.3) is 6.08 Å². The molecule has 0 aromatic heterocycles. The summed E-state index contributed by atoms with van der Waals surface area (Å²) >= 11 is 0. The molecule has 0 amide bonds. The van der Waals surface area contributed by atoms with Crippen LogP contribution in [0.1, 0.15) is 26.2 Å². The van der Waals surface area contributed by atoms with Crippen molar-refractivity contribution in [2.45, 2.75) is 32.5 Å². The molecule has 62 valence electrons. The molecule has 0 heterocycles. The summed E-state index contributed by atoms with van der Waals surface area (Å²) in [6, 6.07) is 0. The first-order chi connectivity index (χ1) is 5.31. The number of rotatable bonds is 6. The molecule has 0 aromatic rings. The van der Waals surface area contributed by atoms with E-state index in [1.165, 1.54) is 6.08 Å². The van der Waals surface area contributed by atoms with Crippen LogP contribution in [0.3, 0.4) is 0 Å². The third-order valence-corrected chi connectivity index (χ3v) is 1.27. The summed E-state index contributed by atoms with van der Waals surface area (Å²) in [6.07, 6.45) is 4.71. The number of isocyanates is 1. The predicted molar refractivity (Wildman–Crippen MR) is 41.5 cm³/mol. The minimum absolute atomic E-state index is 0.513. The van der Waals surface area contributed by atoms with Crippen LogP contribution in [0.15, 0.2) is 5.16 Å². The third-order valence-electron chi connectivity index (χ3n) is 1.27. The molecule has 0 aliphatic heterocycles. The van der Waals surface area contributed by atoms with Crippen molar-refractivity contribution in [2.24, 2.45) is 5.16 Å². The normalized spacial score (nSPS) is 8.55. The molecule has 0 saturated carbocycles. The lowest BCUT2D eigenvalue weighted by Crippen LogP contribution is -2.13. The van der Waals surface area contributed by atoms with E-state index in [-0.39, 0.29) is 0 Å². The van der Waals surface area contributed by atoms with Crippen LogP contribution in [0.25, 0.3) is 0 Å². The highest BCUT2D eigenvalue weighted by molar-refractivity contribution is 6.42. The van der Waals surface area contributed by atoms with Gasteiger partial charge in [0.05, 0.1) is 0 Å². The molecular formula is C6H12BNO3. The fourth-order valence-corrected chi connectivity index (χ4v) is 0.704. The lowest BCUT2D eigenvalue weighted by atomic mass is 9.83. The summed E-state index contributed by atoms with van der Waals surface area (Å²) in [5.41, 5.74) is 0. The zero-order chi connectivity index (χ0) is 8.53. The van der Waals surface area contributed by atoms with Crippen LogP contribution in [0.2, 0.25) is 6.32 Å². The predicted octanol–water partition coefficient (Wildman–Crippen LogP) is 0.924. The number of nitrogens with zero attached hydrogens (tertiary/aromatic N) is 1. The highest BCUT2D eigenvalue weighted by Crippen LogP contribution is 2.02. The molecule has 0 fully saturated rings. The van der Waals surface area contributed by atoms with Crippen LogP contribution in [0.5, 0.6) is 0 Å². The summed E-state index contributed by atoms with van der Waals surface area (Å²) in [4.78, 5) is 9.51. The Labute approximate surface area is 66.4 Å². The van der Waals surface area contributed by atoms with Crippen molar-refractivity contribution in [3.05, 3.63) is 0 Å². The van der Waals surface area contributed by atoms with Crippen molar-refractivity contribution in [3.63, 3.8) is 0 Å². The van der Waals surface area contributed by atoms with E-state index < -0.39 is 7.12 Å². The van der Waals surface area contributed by atoms with Gasteiger partial charge in [0, 0.05) is 0 Å². The van der Waals surface area contributed by atoms with Gasteiger partial charge in [-0.05, 0) is 11.5 Å². The maximum absolute atomic E-state index is 9.51. The smallest absolute Gasteiger partial charge is 0.423 e. The first-order valence-corrected chi connectivity index (χ1v) is 3.72. The molecule has 11 heavy (non-hydrogen) atoms. The molecule has 0 aliphatic carbocycles. The van der Waals surface area contributed by atoms with E-state index in [9.17, 15) is 4.79 Å². The topological polar surface area (TPSA) is 58.9 Å². The van der Waals surface area contributed by atoms with E-state index in [0.717, 1.165) is 19.3 Å². The van der Waals surface area contributed by atoms with Crippen molar-refractivity contribution in [3.8, 4) is 0 Å². The second-order valence-electron chi connectivity index (χ2n) is 2.24. The van der Waals surface area contributed by atoms with Gasteiger partial charge in [-0.25, -0.2) is 4.79 Å². The van der Waals surface area contributed by atoms with Gasteiger partial charge >= 0.3 is 7.12 Å². The number of hydrogen-bond acceptors (Lipinski definition) is 4. The summed E-state index contributed by atoms with van der Waals surface area (Å²) in [5, 5.41) is 11.7. The van der Waals surface area contributed by atoms with Crippen molar-refractivity contribution < 1.29 is 14.6 Å². The molecule has 0 atom stereocenters. The average Bonchev–Trinajstić information content (AvgIpc) is 2.01. The molecule has 0 bridgehead atoms. The number of hydrogen-bond donors (Lipinski definition) is 1. The van der Waals surface area contributed by atoms with Gasteiger partial charge in [0.2, 0.25) is 0 Å². The molecule has 0 aromatic carbocycles. The fourth-order valence-electron chi connectivity index (χ4n) is 0.704. The Morgan fingerprint density at radius 1 is 1.64 bits per heavy atom. The second-order valence-corrected chi connectivity index (χ2v) is 2.24. The molecule has 0 rings (SSSR count). The van der Waals surface area contributed by atoms with Gasteiger partial charge in [-0.3, -0.25) is 0 Å². The van der Waals surface area contributed by atoms with E-state index in [4.69, 9.17) is 5.02 Å². The van der Waals surface area contributed by atoms with Gasteiger partial charge < -0.3 is 9.78 Å². The maximum Gasteiger partial charge on any atom is 0.548 e. The van der Waals surface area contributed by atoms with Crippen molar-refractivity contribution in [1.29, 1.82) is 0 Å². The summed E-state index contributed by atoms with van der Waals surface area (Å²) in [5.74, 6) is 0. The number of carbonyl (C=O) groups excluding carboxylic acids is 1. The van der Waals surface area contributed by atoms with Crippen molar-refractivity contribution in [2.75, 3.05) is 0 Å². The minimum Gasteiger partial charge on any atom is -0.423 e. The fraction of sp³-hybridized carbons (Fsp3) is 0.833. The van der Waals surface area contributed by atoms with Crippen molar-refractivity contribution in [1.82, 2.24) is 0 Å². The van der Waals surface area contributed by atoms with Crippen LogP contribution in [0.4, 0.5) is 0 Å². The Hall–Kier alpha value is -0.795. The van der Waals surface area contributed by atoms with Gasteiger partial charge in [0.15, 0.2) is 0 Å². The lowest BCUT2D eigenvalue weighted by molar-refractivity contribution is 0.270. The SMILES string of the molecule is CCCCCB(O)ON=C=O. The summed E-state index contributed by atoms with van der Waals surface area (Å²) in [7, 11) is -0.956. The zero-order valence-corrected chi connectivity index (χ0v) is 6.62. The standard InChI is InChI=1S/C6H12BNO3/c1-2-3-4-5-7(10)11-8-6-9/h10H,2-5H2,1H3. The monoisotopic (exact) mass is 157 g/mol. The van der Waals surface area contributed by atoms with E-state index in [0.29, 0.717) is 6.32 Å². The molecule has 0 spiro atoms. The largest absolute Gasteiger partial charge is 0.548 e. The molecule has 0 radical (unpaired) electrons. The molecule has 0 unspecified atom stereocenters. The molecule has 0 aliphatic rings. The molecule has 4 nitrogen and oxygen atoms in total. The highest BCUT2D eigenvalue weighted by atomic mass is 16.6. The van der Waals surface area contributed by atoms with Gasteiger partial charge in [-0.15, -0.1) is 0 Å². The van der Waals surface area contributed by atoms with Crippen LogP contribution in [0, 0.1) is 0 Å². The quantitative estimate of drug-likeness (QED) is 0.205. The average molecular weight is 157 g/mol. The van der Waals surface area contributed by atoms with E-state index in [1.807, 2.05) is 0 Å². The minimum atomic E-state index is -0.956. The Bertz CT molecular complexity index is 136. The van der Waals surface area contributed by atoms with Gasteiger partial charge in [-0.2, -0.15) is 0 Å². The van der Waals surface area contributed by atoms with E-state index in [1.54, 1.807) is 0 Å². The van der Waals surface area contributed by atoms with Crippen LogP contribution in [-0.2, 0) is 9.55 Å². The van der Waals surface area contributed by atoms with Crippen LogP contribution < -0.4 is 0 Å². The van der Waals surface area contributed by atoms with Crippen LogP contribution in [-0.4, -0.2) is 18.2 Å². The van der Waals surface area contributed by atoms with E-state index >= 15 is 0 Å². The molecule has 0 saturated heterocycles. The first kappa shape index (κ1) is 10.2. The van der Waals surface area contributed by atoms with Crippen molar-refractivity contribution >= 4 is 13.2 Å².